The lowest BCUT2D eigenvalue weighted by Crippen LogP contribution is -2.15. The van der Waals surface area contributed by atoms with Gasteiger partial charge >= 0.3 is 0 Å². The van der Waals surface area contributed by atoms with Crippen LogP contribution in [0.5, 0.6) is 0 Å². The lowest BCUT2D eigenvalue weighted by molar-refractivity contribution is 0.573. The first-order valence-corrected chi connectivity index (χ1v) is 7.63. The van der Waals surface area contributed by atoms with E-state index in [-0.39, 0.29) is 11.8 Å². The Kier molecular flexibility index (Phi) is 3.08. The highest BCUT2D eigenvalue weighted by atomic mass is 32.2. The van der Waals surface area contributed by atoms with Crippen LogP contribution in [0.15, 0.2) is 12.4 Å². The quantitative estimate of drug-likeness (QED) is 0.855. The molecule has 0 saturated carbocycles. The second kappa shape index (κ2) is 4.22. The van der Waals surface area contributed by atoms with Crippen LogP contribution in [0.4, 0.5) is 0 Å². The molecule has 0 aliphatic heterocycles. The van der Waals surface area contributed by atoms with Crippen LogP contribution in [0.3, 0.4) is 0 Å². The van der Waals surface area contributed by atoms with Gasteiger partial charge in [-0.1, -0.05) is 0 Å². The second-order valence-electron chi connectivity index (χ2n) is 4.61. The zero-order valence-corrected chi connectivity index (χ0v) is 10.3. The minimum absolute atomic E-state index is 0.128. The van der Waals surface area contributed by atoms with Crippen molar-refractivity contribution in [2.45, 2.75) is 31.8 Å². The number of hydrogen-bond acceptors (Lipinski definition) is 3. The van der Waals surface area contributed by atoms with Gasteiger partial charge in [0.05, 0.1) is 5.75 Å². The Morgan fingerprint density at radius 1 is 1.50 bits per heavy atom. The summed E-state index contributed by atoms with van der Waals surface area (Å²) < 4.78 is 24.1. The van der Waals surface area contributed by atoms with E-state index in [2.05, 4.69) is 0 Å². The first-order chi connectivity index (χ1) is 7.46. The Morgan fingerprint density at radius 3 is 2.88 bits per heavy atom. The van der Waals surface area contributed by atoms with E-state index in [0.29, 0.717) is 6.54 Å². The maximum absolute atomic E-state index is 11.1. The molecule has 0 fully saturated rings. The Balaban J connectivity index is 2.13. The van der Waals surface area contributed by atoms with E-state index in [1.165, 1.54) is 17.4 Å². The van der Waals surface area contributed by atoms with Crippen LogP contribution in [0.2, 0.25) is 0 Å². The van der Waals surface area contributed by atoms with Crippen LogP contribution in [0.25, 0.3) is 0 Å². The molecule has 5 heteroatoms. The molecule has 1 aromatic rings. The molecule has 1 aliphatic carbocycles. The fraction of sp³-hybridized carbons (Fsp3) is 0.636. The largest absolute Gasteiger partial charge is 0.353 e. The van der Waals surface area contributed by atoms with Crippen molar-refractivity contribution in [1.29, 1.82) is 0 Å². The fourth-order valence-corrected chi connectivity index (χ4v) is 2.73. The maximum atomic E-state index is 11.1. The van der Waals surface area contributed by atoms with Gasteiger partial charge < -0.3 is 10.3 Å². The summed E-state index contributed by atoms with van der Waals surface area (Å²) in [5.41, 5.74) is 8.49. The minimum atomic E-state index is -2.89. The highest BCUT2D eigenvalue weighted by Crippen LogP contribution is 2.28. The molecule has 0 spiro atoms. The van der Waals surface area contributed by atoms with E-state index in [4.69, 9.17) is 5.73 Å². The highest BCUT2D eigenvalue weighted by Gasteiger charge is 2.18. The molecule has 0 aromatic carbocycles. The lowest BCUT2D eigenvalue weighted by Gasteiger charge is -2.17. The molecule has 1 aromatic heterocycles. The highest BCUT2D eigenvalue weighted by molar-refractivity contribution is 7.90. The summed E-state index contributed by atoms with van der Waals surface area (Å²) in [6.45, 7) is 0.526. The fourth-order valence-electron chi connectivity index (χ4n) is 2.18. The van der Waals surface area contributed by atoms with Crippen molar-refractivity contribution in [3.63, 3.8) is 0 Å². The molecule has 0 saturated heterocycles. The number of rotatable bonds is 3. The lowest BCUT2D eigenvalue weighted by atomic mass is 9.92. The van der Waals surface area contributed by atoms with E-state index in [0.717, 1.165) is 19.3 Å². The Hall–Kier alpha value is -0.810. The van der Waals surface area contributed by atoms with E-state index >= 15 is 0 Å². The van der Waals surface area contributed by atoms with Gasteiger partial charge in [0, 0.05) is 31.2 Å². The number of nitrogens with two attached hydrogens (primary N) is 1. The number of hydrogen-bond donors (Lipinski definition) is 1. The molecule has 4 nitrogen and oxygen atoms in total. The summed E-state index contributed by atoms with van der Waals surface area (Å²) in [7, 11) is -2.89. The number of nitrogens with zero attached hydrogens (tertiary/aromatic N) is 1. The summed E-state index contributed by atoms with van der Waals surface area (Å²) in [5.74, 6) is 0.190. The summed E-state index contributed by atoms with van der Waals surface area (Å²) in [4.78, 5) is 0. The predicted octanol–water partition coefficient (Wildman–Crippen LogP) is 0.869. The van der Waals surface area contributed by atoms with E-state index in [1.54, 1.807) is 0 Å². The molecule has 2 rings (SSSR count). The predicted molar refractivity (Wildman–Crippen MR) is 64.0 cm³/mol. The van der Waals surface area contributed by atoms with Crippen LogP contribution in [0, 0.1) is 0 Å². The van der Waals surface area contributed by atoms with E-state index in [9.17, 15) is 8.42 Å². The average molecular weight is 242 g/mol. The van der Waals surface area contributed by atoms with Gasteiger partial charge in [-0.15, -0.1) is 0 Å². The molecule has 1 aliphatic rings. The molecule has 0 radical (unpaired) electrons. The van der Waals surface area contributed by atoms with Gasteiger partial charge in [-0.05, 0) is 30.4 Å². The van der Waals surface area contributed by atoms with Gasteiger partial charge in [-0.25, -0.2) is 8.42 Å². The molecule has 1 atom stereocenters. The molecule has 1 unspecified atom stereocenters. The van der Waals surface area contributed by atoms with Gasteiger partial charge in [-0.2, -0.15) is 0 Å². The van der Waals surface area contributed by atoms with Crippen LogP contribution in [0.1, 0.15) is 30.0 Å². The average Bonchev–Trinajstić information content (AvgIpc) is 2.58. The van der Waals surface area contributed by atoms with Crippen LogP contribution in [-0.4, -0.2) is 25.0 Å². The summed E-state index contributed by atoms with van der Waals surface area (Å²) >= 11 is 0. The van der Waals surface area contributed by atoms with Gasteiger partial charge in [-0.3, -0.25) is 0 Å². The molecule has 0 amide bonds. The normalized spacial score (nSPS) is 20.8. The Labute approximate surface area is 96.4 Å². The summed E-state index contributed by atoms with van der Waals surface area (Å²) in [5, 5.41) is 0. The van der Waals surface area contributed by atoms with Gasteiger partial charge in [0.25, 0.3) is 0 Å². The summed E-state index contributed by atoms with van der Waals surface area (Å²) in [6.07, 6.45) is 8.54. The number of aryl methyl sites for hydroxylation is 2. The molecule has 90 valence electrons. The Bertz CT molecular complexity index is 476. The molecule has 2 N–H and O–H groups in total. The maximum Gasteiger partial charge on any atom is 0.149 e. The van der Waals surface area contributed by atoms with Gasteiger partial charge in [0.2, 0.25) is 0 Å². The standard InChI is InChI=1S/C11H18N2O2S/c1-16(14,15)6-5-13-7-9-3-2-4-11(12)10(9)8-13/h7-8,11H,2-6,12H2,1H3. The van der Waals surface area contributed by atoms with Crippen molar-refractivity contribution in [2.24, 2.45) is 5.73 Å². The molecule has 16 heavy (non-hydrogen) atoms. The monoisotopic (exact) mass is 242 g/mol. The number of fused-ring (bicyclic) bond motifs is 1. The third kappa shape index (κ3) is 2.65. The Morgan fingerprint density at radius 2 is 2.25 bits per heavy atom. The van der Waals surface area contributed by atoms with E-state index in [1.807, 2.05) is 17.0 Å². The van der Waals surface area contributed by atoms with Crippen LogP contribution < -0.4 is 5.73 Å². The number of sulfone groups is 1. The van der Waals surface area contributed by atoms with Gasteiger partial charge in [0.15, 0.2) is 0 Å². The smallest absolute Gasteiger partial charge is 0.149 e. The molecule has 1 heterocycles. The van der Waals surface area contributed by atoms with Crippen molar-refractivity contribution in [1.82, 2.24) is 4.57 Å². The molecule has 0 bridgehead atoms. The van der Waals surface area contributed by atoms with Crippen molar-refractivity contribution in [3.8, 4) is 0 Å². The SMILES string of the molecule is CS(=O)(=O)CCn1cc2c(c1)C(N)CCC2. The molecular formula is C11H18N2O2S. The number of aromatic nitrogens is 1. The van der Waals surface area contributed by atoms with Gasteiger partial charge in [0.1, 0.15) is 9.84 Å². The zero-order chi connectivity index (χ0) is 11.8. The first kappa shape index (κ1) is 11.7. The van der Waals surface area contributed by atoms with Crippen molar-refractivity contribution in [3.05, 3.63) is 23.5 Å². The minimum Gasteiger partial charge on any atom is -0.353 e. The third-order valence-corrected chi connectivity index (χ3v) is 4.00. The van der Waals surface area contributed by atoms with Crippen molar-refractivity contribution >= 4 is 9.84 Å². The molecular weight excluding hydrogens is 224 g/mol. The second-order valence-corrected chi connectivity index (χ2v) is 6.86. The van der Waals surface area contributed by atoms with Crippen LogP contribution >= 0.6 is 0 Å². The van der Waals surface area contributed by atoms with E-state index < -0.39 is 9.84 Å². The van der Waals surface area contributed by atoms with Crippen LogP contribution in [-0.2, 0) is 22.8 Å². The first-order valence-electron chi connectivity index (χ1n) is 5.57. The summed E-state index contributed by atoms with van der Waals surface area (Å²) in [6, 6.07) is 0.128. The van der Waals surface area contributed by atoms with Crippen molar-refractivity contribution in [2.75, 3.05) is 12.0 Å². The topological polar surface area (TPSA) is 65.1 Å². The van der Waals surface area contributed by atoms with Crippen molar-refractivity contribution < 1.29 is 8.42 Å². The third-order valence-electron chi connectivity index (χ3n) is 3.08. The zero-order valence-electron chi connectivity index (χ0n) is 9.52.